The Bertz CT molecular complexity index is 1090. The highest BCUT2D eigenvalue weighted by atomic mass is 32.1. The maximum absolute atomic E-state index is 13.5. The van der Waals surface area contributed by atoms with Gasteiger partial charge in [-0.05, 0) is 49.8 Å². The molecule has 38 heavy (non-hydrogen) atoms. The van der Waals surface area contributed by atoms with E-state index in [1.165, 1.54) is 0 Å². The molecule has 1 aromatic heterocycles. The summed E-state index contributed by atoms with van der Waals surface area (Å²) in [6.45, 7) is 4.20. The highest BCUT2D eigenvalue weighted by Gasteiger charge is 2.31. The molecule has 4 atom stereocenters. The summed E-state index contributed by atoms with van der Waals surface area (Å²) in [5, 5.41) is 18.4. The van der Waals surface area contributed by atoms with Crippen molar-refractivity contribution in [3.8, 4) is 0 Å². The molecule has 0 spiro atoms. The van der Waals surface area contributed by atoms with Crippen LogP contribution in [0.3, 0.4) is 0 Å². The molecule has 0 fully saturated rings. The van der Waals surface area contributed by atoms with Crippen molar-refractivity contribution in [3.63, 3.8) is 0 Å². The minimum atomic E-state index is -1.16. The summed E-state index contributed by atoms with van der Waals surface area (Å²) in [7, 11) is 0. The van der Waals surface area contributed by atoms with Crippen LogP contribution in [-0.2, 0) is 25.6 Å². The molecular weight excluding hydrogens is 508 g/mol. The predicted molar refractivity (Wildman–Crippen MR) is 150 cm³/mol. The Hall–Kier alpha value is -3.09. The fraction of sp³-hybridized carbons (Fsp3) is 0.538. The number of rotatable bonds is 16. The number of aromatic nitrogens is 1. The van der Waals surface area contributed by atoms with Crippen molar-refractivity contribution in [3.05, 3.63) is 36.0 Å². The number of aliphatic carboxylic acids is 1. The quantitative estimate of drug-likeness (QED) is 0.112. The second-order valence-electron chi connectivity index (χ2n) is 9.79. The first kappa shape index (κ1) is 31.1. The van der Waals surface area contributed by atoms with Crippen LogP contribution in [0.4, 0.5) is 0 Å². The molecule has 12 heteroatoms. The summed E-state index contributed by atoms with van der Waals surface area (Å²) in [6.07, 6.45) is 3.59. The first-order valence-corrected chi connectivity index (χ1v) is 13.5. The van der Waals surface area contributed by atoms with Gasteiger partial charge in [0.15, 0.2) is 0 Å². The number of carbonyl (C=O) groups excluding carboxylic acids is 3. The van der Waals surface area contributed by atoms with E-state index in [4.69, 9.17) is 11.5 Å². The lowest BCUT2D eigenvalue weighted by atomic mass is 10.00. The summed E-state index contributed by atoms with van der Waals surface area (Å²) in [5.74, 6) is -2.77. The minimum Gasteiger partial charge on any atom is -0.480 e. The lowest BCUT2D eigenvalue weighted by Crippen LogP contribution is -2.58. The van der Waals surface area contributed by atoms with Crippen molar-refractivity contribution in [2.45, 2.75) is 70.1 Å². The van der Waals surface area contributed by atoms with Crippen molar-refractivity contribution >= 4 is 47.2 Å². The molecule has 3 amide bonds. The summed E-state index contributed by atoms with van der Waals surface area (Å²) in [4.78, 5) is 54.0. The van der Waals surface area contributed by atoms with E-state index < -0.39 is 47.9 Å². The van der Waals surface area contributed by atoms with E-state index in [9.17, 15) is 24.3 Å². The van der Waals surface area contributed by atoms with Crippen LogP contribution >= 0.6 is 12.6 Å². The topological polar surface area (TPSA) is 192 Å². The van der Waals surface area contributed by atoms with Crippen LogP contribution in [0, 0.1) is 5.92 Å². The molecule has 0 saturated heterocycles. The normalized spacial score (nSPS) is 14.5. The van der Waals surface area contributed by atoms with Gasteiger partial charge in [-0.2, -0.15) is 12.6 Å². The van der Waals surface area contributed by atoms with Gasteiger partial charge in [-0.1, -0.05) is 32.0 Å². The lowest BCUT2D eigenvalue weighted by Gasteiger charge is -2.26. The molecule has 210 valence electrons. The Balaban J connectivity index is 2.25. The maximum Gasteiger partial charge on any atom is 0.326 e. The van der Waals surface area contributed by atoms with Crippen LogP contribution < -0.4 is 27.4 Å². The number of carboxylic acid groups (broad SMARTS) is 1. The minimum absolute atomic E-state index is 0.0193. The number of unbranched alkanes of at least 4 members (excludes halogenated alkanes) is 1. The number of thiol groups is 1. The Labute approximate surface area is 228 Å². The second kappa shape index (κ2) is 15.4. The Morgan fingerprint density at radius 3 is 2.24 bits per heavy atom. The van der Waals surface area contributed by atoms with Crippen molar-refractivity contribution < 1.29 is 24.3 Å². The monoisotopic (exact) mass is 548 g/mol. The third-order valence-electron chi connectivity index (χ3n) is 6.17. The zero-order valence-corrected chi connectivity index (χ0v) is 22.8. The molecule has 0 aliphatic heterocycles. The van der Waals surface area contributed by atoms with Crippen LogP contribution in [0.2, 0.25) is 0 Å². The maximum atomic E-state index is 13.5. The SMILES string of the molecule is CC(C)CC(NC(=O)C(Cc1c[nH]c2ccccc12)NC(=O)C(N)CS)C(=O)NC(CCCCN)C(=O)O. The molecule has 4 unspecified atom stereocenters. The van der Waals surface area contributed by atoms with Crippen LogP contribution in [0.25, 0.3) is 10.9 Å². The van der Waals surface area contributed by atoms with Gasteiger partial charge < -0.3 is 37.5 Å². The van der Waals surface area contributed by atoms with Gasteiger partial charge in [-0.25, -0.2) is 4.79 Å². The summed E-state index contributed by atoms with van der Waals surface area (Å²) in [6, 6.07) is 3.51. The summed E-state index contributed by atoms with van der Waals surface area (Å²) >= 11 is 4.07. The number of carboxylic acids is 1. The third kappa shape index (κ3) is 9.34. The Morgan fingerprint density at radius 2 is 1.61 bits per heavy atom. The van der Waals surface area contributed by atoms with Crippen LogP contribution in [0.5, 0.6) is 0 Å². The number of amides is 3. The van der Waals surface area contributed by atoms with Crippen LogP contribution in [-0.4, -0.2) is 70.2 Å². The summed E-state index contributed by atoms with van der Waals surface area (Å²) < 4.78 is 0. The fourth-order valence-electron chi connectivity index (χ4n) is 4.09. The molecule has 1 heterocycles. The predicted octanol–water partition coefficient (Wildman–Crippen LogP) is 0.682. The van der Waals surface area contributed by atoms with Crippen molar-refractivity contribution in [1.29, 1.82) is 0 Å². The van der Waals surface area contributed by atoms with Gasteiger partial charge in [-0.15, -0.1) is 0 Å². The van der Waals surface area contributed by atoms with E-state index >= 15 is 0 Å². The summed E-state index contributed by atoms with van der Waals surface area (Å²) in [5.41, 5.74) is 13.0. The van der Waals surface area contributed by atoms with E-state index in [-0.39, 0.29) is 30.9 Å². The number of fused-ring (bicyclic) bond motifs is 1. The molecule has 0 aliphatic carbocycles. The molecule has 11 nitrogen and oxygen atoms in total. The van der Waals surface area contributed by atoms with Crippen LogP contribution in [0.1, 0.15) is 45.1 Å². The molecule has 2 aromatic rings. The number of hydrogen-bond acceptors (Lipinski definition) is 7. The average Bonchev–Trinajstić information content (AvgIpc) is 3.29. The zero-order valence-electron chi connectivity index (χ0n) is 21.9. The second-order valence-corrected chi connectivity index (χ2v) is 10.2. The number of benzene rings is 1. The standard InChI is InChI=1S/C26H40N6O5S/c1-15(2)11-21(24(34)30-20(26(36)37)9-5-6-10-27)32-25(35)22(31-23(33)18(28)14-38)12-16-13-29-19-8-4-3-7-17(16)19/h3-4,7-8,13,15,18,20-22,29,38H,5-6,9-12,14,27-28H2,1-2H3,(H,30,34)(H,31,33)(H,32,35)(H,36,37). The zero-order chi connectivity index (χ0) is 28.2. The molecule has 1 aromatic carbocycles. The largest absolute Gasteiger partial charge is 0.480 e. The van der Waals surface area contributed by atoms with Gasteiger partial charge in [0.1, 0.15) is 18.1 Å². The third-order valence-corrected chi connectivity index (χ3v) is 6.56. The first-order chi connectivity index (χ1) is 18.1. The Kier molecular flexibility index (Phi) is 12.6. The van der Waals surface area contributed by atoms with Gasteiger partial charge in [0.05, 0.1) is 6.04 Å². The van der Waals surface area contributed by atoms with E-state index in [1.54, 1.807) is 6.20 Å². The molecule has 2 rings (SSSR count). The Morgan fingerprint density at radius 1 is 0.974 bits per heavy atom. The van der Waals surface area contributed by atoms with E-state index in [1.807, 2.05) is 38.1 Å². The van der Waals surface area contributed by atoms with Gasteiger partial charge in [0.2, 0.25) is 17.7 Å². The van der Waals surface area contributed by atoms with Gasteiger partial charge in [0, 0.05) is 29.3 Å². The molecule has 0 aliphatic rings. The van der Waals surface area contributed by atoms with Gasteiger partial charge in [-0.3, -0.25) is 14.4 Å². The smallest absolute Gasteiger partial charge is 0.326 e. The highest BCUT2D eigenvalue weighted by Crippen LogP contribution is 2.19. The van der Waals surface area contributed by atoms with Gasteiger partial charge >= 0.3 is 5.97 Å². The number of hydrogen-bond donors (Lipinski definition) is 8. The van der Waals surface area contributed by atoms with Crippen LogP contribution in [0.15, 0.2) is 30.5 Å². The number of para-hydroxylation sites is 1. The van der Waals surface area contributed by atoms with Crippen molar-refractivity contribution in [2.75, 3.05) is 12.3 Å². The number of nitrogens with two attached hydrogens (primary N) is 2. The fourth-order valence-corrected chi connectivity index (χ4v) is 4.25. The molecule has 9 N–H and O–H groups in total. The molecule has 0 saturated carbocycles. The average molecular weight is 549 g/mol. The number of carbonyl (C=O) groups is 4. The molecule has 0 radical (unpaired) electrons. The number of H-pyrrole nitrogens is 1. The van der Waals surface area contributed by atoms with Crippen molar-refractivity contribution in [1.82, 2.24) is 20.9 Å². The van der Waals surface area contributed by atoms with Gasteiger partial charge in [0.25, 0.3) is 0 Å². The lowest BCUT2D eigenvalue weighted by molar-refractivity contribution is -0.142. The number of nitrogens with one attached hydrogen (secondary N) is 4. The number of aromatic amines is 1. The molecular formula is C26H40N6O5S. The van der Waals surface area contributed by atoms with E-state index in [2.05, 4.69) is 33.6 Å². The van der Waals surface area contributed by atoms with E-state index in [0.717, 1.165) is 16.5 Å². The van der Waals surface area contributed by atoms with Crippen molar-refractivity contribution in [2.24, 2.45) is 17.4 Å². The highest BCUT2D eigenvalue weighted by molar-refractivity contribution is 7.80. The molecule has 0 bridgehead atoms. The first-order valence-electron chi connectivity index (χ1n) is 12.8. The van der Waals surface area contributed by atoms with E-state index in [0.29, 0.717) is 19.4 Å².